The highest BCUT2D eigenvalue weighted by Gasteiger charge is 2.31. The van der Waals surface area contributed by atoms with Crippen molar-refractivity contribution in [3.63, 3.8) is 0 Å². The zero-order valence-corrected chi connectivity index (χ0v) is 9.77. The summed E-state index contributed by atoms with van der Waals surface area (Å²) < 4.78 is 0. The minimum absolute atomic E-state index is 0.0717. The van der Waals surface area contributed by atoms with Crippen molar-refractivity contribution in [2.24, 2.45) is 0 Å². The number of rotatable bonds is 0. The number of carbonyl (C=O) groups excluding carboxylic acids is 1. The average Bonchev–Trinajstić information content (AvgIpc) is 2.09. The van der Waals surface area contributed by atoms with Crippen LogP contribution in [0.2, 0.25) is 0 Å². The molecule has 2 nitrogen and oxygen atoms in total. The zero-order chi connectivity index (χ0) is 11.2. The van der Waals surface area contributed by atoms with E-state index in [1.807, 2.05) is 13.0 Å². The molecule has 0 unspecified atom stereocenters. The molecule has 0 radical (unpaired) electrons. The Morgan fingerprint density at radius 1 is 1.20 bits per heavy atom. The quantitative estimate of drug-likeness (QED) is 0.689. The van der Waals surface area contributed by atoms with Gasteiger partial charge in [0.15, 0.2) is 0 Å². The van der Waals surface area contributed by atoms with Crippen LogP contribution in [0, 0.1) is 13.8 Å². The number of hydrogen-bond acceptors (Lipinski definition) is 1. The molecule has 1 N–H and O–H groups in total. The molecule has 0 aromatic heterocycles. The number of fused-ring (bicyclic) bond motifs is 1. The molecule has 2 rings (SSSR count). The van der Waals surface area contributed by atoms with E-state index in [4.69, 9.17) is 0 Å². The molecule has 0 bridgehead atoms. The Balaban J connectivity index is 2.64. The summed E-state index contributed by atoms with van der Waals surface area (Å²) in [5.74, 6) is 0.0717. The van der Waals surface area contributed by atoms with Crippen molar-refractivity contribution < 1.29 is 4.79 Å². The molecule has 80 valence electrons. The lowest BCUT2D eigenvalue weighted by Gasteiger charge is -2.34. The van der Waals surface area contributed by atoms with Gasteiger partial charge < -0.3 is 5.32 Å². The standard InChI is InChI=1S/C13H17NO/c1-8-5-6-9(2)11-10(8)7-13(3,4)14-12(11)15/h5-6H,7H2,1-4H3,(H,14,15). The molecule has 0 aliphatic carbocycles. The minimum Gasteiger partial charge on any atom is -0.347 e. The van der Waals surface area contributed by atoms with Gasteiger partial charge in [0.25, 0.3) is 5.91 Å². The fourth-order valence-corrected chi connectivity index (χ4v) is 2.27. The number of benzene rings is 1. The van der Waals surface area contributed by atoms with Gasteiger partial charge in [-0.15, -0.1) is 0 Å². The van der Waals surface area contributed by atoms with Crippen LogP contribution >= 0.6 is 0 Å². The van der Waals surface area contributed by atoms with Gasteiger partial charge >= 0.3 is 0 Å². The van der Waals surface area contributed by atoms with E-state index in [-0.39, 0.29) is 11.4 Å². The second-order valence-corrected chi connectivity index (χ2v) is 5.07. The van der Waals surface area contributed by atoms with Crippen LogP contribution in [0.3, 0.4) is 0 Å². The molecule has 1 amide bonds. The highest BCUT2D eigenvalue weighted by molar-refractivity contribution is 5.99. The third-order valence-corrected chi connectivity index (χ3v) is 3.05. The first kappa shape index (κ1) is 10.2. The Kier molecular flexibility index (Phi) is 2.10. The van der Waals surface area contributed by atoms with Crippen molar-refractivity contribution in [2.75, 3.05) is 0 Å². The fraction of sp³-hybridized carbons (Fsp3) is 0.462. The number of aryl methyl sites for hydroxylation is 2. The SMILES string of the molecule is Cc1ccc(C)c2c1CC(C)(C)NC2=O. The lowest BCUT2D eigenvalue weighted by atomic mass is 9.83. The molecule has 1 heterocycles. The average molecular weight is 203 g/mol. The molecule has 0 atom stereocenters. The Morgan fingerprint density at radius 3 is 2.47 bits per heavy atom. The maximum absolute atomic E-state index is 12.0. The first-order chi connectivity index (χ1) is 6.91. The van der Waals surface area contributed by atoms with Gasteiger partial charge in [0.1, 0.15) is 0 Å². The summed E-state index contributed by atoms with van der Waals surface area (Å²) in [5, 5.41) is 3.04. The fourth-order valence-electron chi connectivity index (χ4n) is 2.27. The van der Waals surface area contributed by atoms with Crippen molar-refractivity contribution in [1.29, 1.82) is 0 Å². The number of nitrogens with one attached hydrogen (secondary N) is 1. The summed E-state index contributed by atoms with van der Waals surface area (Å²) in [6.07, 6.45) is 0.918. The van der Waals surface area contributed by atoms with E-state index in [0.29, 0.717) is 0 Å². The normalized spacial score (nSPS) is 18.3. The Labute approximate surface area is 90.7 Å². The molecule has 1 aromatic carbocycles. The predicted molar refractivity (Wildman–Crippen MR) is 61.2 cm³/mol. The topological polar surface area (TPSA) is 29.1 Å². The summed E-state index contributed by atoms with van der Waals surface area (Å²) >= 11 is 0. The summed E-state index contributed by atoms with van der Waals surface area (Å²) in [5.41, 5.74) is 4.27. The molecule has 1 aliphatic rings. The van der Waals surface area contributed by atoms with E-state index in [1.165, 1.54) is 11.1 Å². The van der Waals surface area contributed by atoms with Gasteiger partial charge in [0, 0.05) is 11.1 Å². The minimum atomic E-state index is -0.122. The van der Waals surface area contributed by atoms with Gasteiger partial charge in [-0.3, -0.25) is 4.79 Å². The molecular formula is C13H17NO. The number of amides is 1. The van der Waals surface area contributed by atoms with Crippen LogP contribution in [-0.4, -0.2) is 11.4 Å². The molecule has 0 saturated carbocycles. The maximum atomic E-state index is 12.0. The molecule has 0 spiro atoms. The highest BCUT2D eigenvalue weighted by Crippen LogP contribution is 2.27. The van der Waals surface area contributed by atoms with E-state index in [9.17, 15) is 4.79 Å². The third-order valence-electron chi connectivity index (χ3n) is 3.05. The van der Waals surface area contributed by atoms with Gasteiger partial charge in [0.2, 0.25) is 0 Å². The molecule has 1 aliphatic heterocycles. The molecular weight excluding hydrogens is 186 g/mol. The third kappa shape index (κ3) is 1.65. The molecule has 0 saturated heterocycles. The lowest BCUT2D eigenvalue weighted by molar-refractivity contribution is 0.0896. The van der Waals surface area contributed by atoms with E-state index in [0.717, 1.165) is 17.5 Å². The number of hydrogen-bond donors (Lipinski definition) is 1. The Bertz CT molecular complexity index is 432. The smallest absolute Gasteiger partial charge is 0.252 e. The second kappa shape index (κ2) is 3.09. The molecule has 1 aromatic rings. The van der Waals surface area contributed by atoms with Gasteiger partial charge in [-0.2, -0.15) is 0 Å². The van der Waals surface area contributed by atoms with Crippen LogP contribution in [0.1, 0.15) is 40.9 Å². The van der Waals surface area contributed by atoms with E-state index < -0.39 is 0 Å². The van der Waals surface area contributed by atoms with E-state index in [2.05, 4.69) is 32.2 Å². The summed E-state index contributed by atoms with van der Waals surface area (Å²) in [7, 11) is 0. The van der Waals surface area contributed by atoms with Crippen LogP contribution in [0.25, 0.3) is 0 Å². The van der Waals surface area contributed by atoms with Crippen molar-refractivity contribution in [2.45, 2.75) is 39.7 Å². The highest BCUT2D eigenvalue weighted by atomic mass is 16.1. The Morgan fingerprint density at radius 2 is 1.80 bits per heavy atom. The van der Waals surface area contributed by atoms with E-state index >= 15 is 0 Å². The van der Waals surface area contributed by atoms with Crippen LogP contribution in [0.4, 0.5) is 0 Å². The Hall–Kier alpha value is -1.31. The van der Waals surface area contributed by atoms with Gasteiger partial charge in [0.05, 0.1) is 0 Å². The molecule has 0 fully saturated rings. The second-order valence-electron chi connectivity index (χ2n) is 5.07. The van der Waals surface area contributed by atoms with Gasteiger partial charge in [-0.1, -0.05) is 12.1 Å². The van der Waals surface area contributed by atoms with Crippen LogP contribution in [-0.2, 0) is 6.42 Å². The van der Waals surface area contributed by atoms with E-state index in [1.54, 1.807) is 0 Å². The molecule has 2 heteroatoms. The molecule has 15 heavy (non-hydrogen) atoms. The van der Waals surface area contributed by atoms with Crippen molar-refractivity contribution >= 4 is 5.91 Å². The zero-order valence-electron chi connectivity index (χ0n) is 9.77. The number of carbonyl (C=O) groups is 1. The summed E-state index contributed by atoms with van der Waals surface area (Å²) in [6.45, 7) is 8.20. The van der Waals surface area contributed by atoms with Crippen molar-refractivity contribution in [3.8, 4) is 0 Å². The summed E-state index contributed by atoms with van der Waals surface area (Å²) in [6, 6.07) is 4.12. The van der Waals surface area contributed by atoms with Gasteiger partial charge in [-0.25, -0.2) is 0 Å². The van der Waals surface area contributed by atoms with Crippen LogP contribution in [0.15, 0.2) is 12.1 Å². The van der Waals surface area contributed by atoms with Crippen LogP contribution < -0.4 is 5.32 Å². The van der Waals surface area contributed by atoms with Gasteiger partial charge in [-0.05, 0) is 50.8 Å². The first-order valence-corrected chi connectivity index (χ1v) is 5.32. The van der Waals surface area contributed by atoms with Crippen molar-refractivity contribution in [3.05, 3.63) is 34.4 Å². The van der Waals surface area contributed by atoms with Crippen molar-refractivity contribution in [1.82, 2.24) is 5.32 Å². The van der Waals surface area contributed by atoms with Crippen LogP contribution in [0.5, 0.6) is 0 Å². The largest absolute Gasteiger partial charge is 0.347 e. The monoisotopic (exact) mass is 203 g/mol. The lowest BCUT2D eigenvalue weighted by Crippen LogP contribution is -2.49. The first-order valence-electron chi connectivity index (χ1n) is 5.32. The summed E-state index contributed by atoms with van der Waals surface area (Å²) in [4.78, 5) is 12.0. The maximum Gasteiger partial charge on any atom is 0.252 e. The predicted octanol–water partition coefficient (Wildman–Crippen LogP) is 2.37.